The average molecular weight is 447 g/mol. The lowest BCUT2D eigenvalue weighted by molar-refractivity contribution is -0.841. The Morgan fingerprint density at radius 3 is 2.23 bits per heavy atom. The van der Waals surface area contributed by atoms with Crippen LogP contribution in [-0.2, 0) is 10.1 Å². The molecule has 1 atom stereocenters. The SMILES string of the molecule is CCCCN(CCCC)c1ccc(/C=C/C2=CC[NH+](CCCCS(=O)(=O)[O-])C=C2)cc1. The van der Waals surface area contributed by atoms with E-state index in [-0.39, 0.29) is 5.75 Å². The van der Waals surface area contributed by atoms with E-state index in [1.54, 1.807) is 0 Å². The fourth-order valence-electron chi connectivity index (χ4n) is 3.60. The monoisotopic (exact) mass is 446 g/mol. The van der Waals surface area contributed by atoms with E-state index in [0.717, 1.165) is 32.6 Å². The van der Waals surface area contributed by atoms with E-state index in [1.807, 2.05) is 0 Å². The summed E-state index contributed by atoms with van der Waals surface area (Å²) < 4.78 is 32.0. The third-order valence-corrected chi connectivity index (χ3v) is 6.33. The van der Waals surface area contributed by atoms with Gasteiger partial charge >= 0.3 is 0 Å². The van der Waals surface area contributed by atoms with Gasteiger partial charge in [-0.15, -0.1) is 0 Å². The van der Waals surface area contributed by atoms with Crippen LogP contribution >= 0.6 is 0 Å². The smallest absolute Gasteiger partial charge is 0.101 e. The van der Waals surface area contributed by atoms with Gasteiger partial charge in [0.15, 0.2) is 0 Å². The highest BCUT2D eigenvalue weighted by molar-refractivity contribution is 7.85. The van der Waals surface area contributed by atoms with Crippen LogP contribution in [0.15, 0.2) is 54.3 Å². The number of hydrogen-bond donors (Lipinski definition) is 1. The lowest BCUT2D eigenvalue weighted by Gasteiger charge is -2.24. The van der Waals surface area contributed by atoms with Crippen LogP contribution in [0.2, 0.25) is 0 Å². The van der Waals surface area contributed by atoms with Gasteiger partial charge in [-0.3, -0.25) is 0 Å². The Labute approximate surface area is 188 Å². The molecule has 2 rings (SSSR count). The summed E-state index contributed by atoms with van der Waals surface area (Å²) in [6, 6.07) is 8.82. The van der Waals surface area contributed by atoms with Gasteiger partial charge in [0.25, 0.3) is 0 Å². The maximum absolute atomic E-state index is 10.7. The lowest BCUT2D eigenvalue weighted by Crippen LogP contribution is -3.07. The van der Waals surface area contributed by atoms with Crippen LogP contribution < -0.4 is 9.80 Å². The Kier molecular flexibility index (Phi) is 11.1. The molecule has 172 valence electrons. The van der Waals surface area contributed by atoms with Gasteiger partial charge in [-0.05, 0) is 61.1 Å². The van der Waals surface area contributed by atoms with Crippen molar-refractivity contribution in [1.29, 1.82) is 0 Å². The van der Waals surface area contributed by atoms with E-state index >= 15 is 0 Å². The molecule has 0 bridgehead atoms. The largest absolute Gasteiger partial charge is 0.748 e. The zero-order valence-corrected chi connectivity index (χ0v) is 19.9. The van der Waals surface area contributed by atoms with Crippen molar-refractivity contribution in [2.24, 2.45) is 0 Å². The molecule has 0 aliphatic carbocycles. The van der Waals surface area contributed by atoms with Crippen molar-refractivity contribution in [2.75, 3.05) is 36.8 Å². The van der Waals surface area contributed by atoms with E-state index in [0.29, 0.717) is 6.42 Å². The zero-order chi connectivity index (χ0) is 22.5. The Morgan fingerprint density at radius 2 is 1.68 bits per heavy atom. The Morgan fingerprint density at radius 1 is 1.00 bits per heavy atom. The normalized spacial score (nSPS) is 16.6. The van der Waals surface area contributed by atoms with Crippen LogP contribution in [0.1, 0.15) is 57.9 Å². The maximum Gasteiger partial charge on any atom is 0.101 e. The minimum atomic E-state index is -4.09. The van der Waals surface area contributed by atoms with Gasteiger partial charge in [-0.2, -0.15) is 0 Å². The van der Waals surface area contributed by atoms with E-state index < -0.39 is 10.1 Å². The third-order valence-electron chi connectivity index (χ3n) is 5.54. The molecule has 1 aliphatic heterocycles. The summed E-state index contributed by atoms with van der Waals surface area (Å²) in [5, 5.41) is 0. The first-order valence-corrected chi connectivity index (χ1v) is 13.2. The molecular formula is C25H38N2O3S. The molecule has 1 aliphatic rings. The van der Waals surface area contributed by atoms with Crippen molar-refractivity contribution in [1.82, 2.24) is 0 Å². The molecule has 0 amide bonds. The van der Waals surface area contributed by atoms with Crippen molar-refractivity contribution in [2.45, 2.75) is 52.4 Å². The first-order chi connectivity index (χ1) is 14.9. The highest BCUT2D eigenvalue weighted by Crippen LogP contribution is 2.18. The Balaban J connectivity index is 1.83. The van der Waals surface area contributed by atoms with Crippen LogP contribution in [0.25, 0.3) is 6.08 Å². The maximum atomic E-state index is 10.7. The number of unbranched alkanes of at least 4 members (excludes halogenated alkanes) is 3. The summed E-state index contributed by atoms with van der Waals surface area (Å²) in [4.78, 5) is 3.78. The van der Waals surface area contributed by atoms with Crippen LogP contribution in [0, 0.1) is 0 Å². The number of rotatable bonds is 14. The van der Waals surface area contributed by atoms with Crippen molar-refractivity contribution in [3.05, 3.63) is 59.8 Å². The molecule has 0 saturated carbocycles. The van der Waals surface area contributed by atoms with Crippen LogP contribution in [0.3, 0.4) is 0 Å². The molecule has 1 aromatic carbocycles. The topological polar surface area (TPSA) is 64.9 Å². The number of nitrogens with one attached hydrogen (secondary N) is 1. The summed E-state index contributed by atoms with van der Waals surface area (Å²) in [6.45, 7) is 8.44. The summed E-state index contributed by atoms with van der Waals surface area (Å²) in [7, 11) is -4.09. The molecule has 0 spiro atoms. The molecule has 6 heteroatoms. The van der Waals surface area contributed by atoms with Crippen LogP contribution in [0.4, 0.5) is 5.69 Å². The Bertz CT molecular complexity index is 834. The van der Waals surface area contributed by atoms with E-state index in [4.69, 9.17) is 0 Å². The number of hydrogen-bond acceptors (Lipinski definition) is 4. The third kappa shape index (κ3) is 10.3. The second-order valence-electron chi connectivity index (χ2n) is 8.24. The lowest BCUT2D eigenvalue weighted by atomic mass is 10.1. The van der Waals surface area contributed by atoms with Crippen molar-refractivity contribution >= 4 is 21.9 Å². The Hall–Kier alpha value is -1.89. The number of benzene rings is 1. The summed E-state index contributed by atoms with van der Waals surface area (Å²) in [5.74, 6) is -0.262. The molecule has 31 heavy (non-hydrogen) atoms. The van der Waals surface area contributed by atoms with Crippen LogP contribution in [-0.4, -0.2) is 44.9 Å². The van der Waals surface area contributed by atoms with E-state index in [9.17, 15) is 13.0 Å². The number of nitrogens with zero attached hydrogens (tertiary/aromatic N) is 1. The minimum absolute atomic E-state index is 0.262. The standard InChI is InChI=1S/C25H38N2O3S/c1-3-5-18-27(19-6-4-2)25-13-11-23(12-14-25)9-10-24-15-20-26(21-16-24)17-7-8-22-31(28,29)30/h9-16,20H,3-8,17-19,21-22H2,1-2H3,(H,28,29,30)/b10-9+. The van der Waals surface area contributed by atoms with Gasteiger partial charge in [-0.25, -0.2) is 8.42 Å². The molecule has 1 unspecified atom stereocenters. The number of quaternary nitrogens is 1. The fourth-order valence-corrected chi connectivity index (χ4v) is 4.15. The molecule has 0 radical (unpaired) electrons. The highest BCUT2D eigenvalue weighted by atomic mass is 32.2. The number of allylic oxidation sites excluding steroid dienone is 3. The van der Waals surface area contributed by atoms with Gasteiger partial charge in [0.05, 0.1) is 22.9 Å². The predicted octanol–water partition coefficient (Wildman–Crippen LogP) is 3.77. The van der Waals surface area contributed by atoms with Gasteiger partial charge in [0.1, 0.15) is 6.54 Å². The molecule has 0 saturated heterocycles. The van der Waals surface area contributed by atoms with Crippen molar-refractivity contribution < 1.29 is 17.9 Å². The molecule has 1 N–H and O–H groups in total. The molecule has 5 nitrogen and oxygen atoms in total. The van der Waals surface area contributed by atoms with E-state index in [2.05, 4.69) is 73.5 Å². The number of anilines is 1. The van der Waals surface area contributed by atoms with E-state index in [1.165, 1.54) is 47.4 Å². The molecule has 0 aromatic heterocycles. The first kappa shape index (κ1) is 25.4. The molecule has 0 fully saturated rings. The molecule has 1 heterocycles. The van der Waals surface area contributed by atoms with Crippen molar-refractivity contribution in [3.63, 3.8) is 0 Å². The minimum Gasteiger partial charge on any atom is -0.748 e. The second-order valence-corrected chi connectivity index (χ2v) is 9.76. The average Bonchev–Trinajstić information content (AvgIpc) is 2.76. The first-order valence-electron chi connectivity index (χ1n) is 11.6. The van der Waals surface area contributed by atoms with Gasteiger partial charge < -0.3 is 14.4 Å². The van der Waals surface area contributed by atoms with Crippen LogP contribution in [0.5, 0.6) is 0 Å². The second kappa shape index (κ2) is 13.5. The summed E-state index contributed by atoms with van der Waals surface area (Å²) in [5.41, 5.74) is 3.68. The summed E-state index contributed by atoms with van der Waals surface area (Å²) in [6.07, 6.45) is 16.8. The summed E-state index contributed by atoms with van der Waals surface area (Å²) >= 11 is 0. The van der Waals surface area contributed by atoms with Gasteiger partial charge in [0, 0.05) is 24.5 Å². The molecular weight excluding hydrogens is 408 g/mol. The van der Waals surface area contributed by atoms with Gasteiger partial charge in [0.2, 0.25) is 0 Å². The zero-order valence-electron chi connectivity index (χ0n) is 19.1. The fraction of sp³-hybridized carbons (Fsp3) is 0.520. The van der Waals surface area contributed by atoms with Crippen molar-refractivity contribution in [3.8, 4) is 0 Å². The van der Waals surface area contributed by atoms with Gasteiger partial charge in [-0.1, -0.05) is 51.0 Å². The quantitative estimate of drug-likeness (QED) is 0.349. The predicted molar refractivity (Wildman–Crippen MR) is 129 cm³/mol. The highest BCUT2D eigenvalue weighted by Gasteiger charge is 2.08. The molecule has 1 aromatic rings.